The lowest BCUT2D eigenvalue weighted by Crippen LogP contribution is -2.24. The second kappa shape index (κ2) is 9.13. The normalized spacial score (nSPS) is 11.0. The van der Waals surface area contributed by atoms with Crippen molar-refractivity contribution < 1.29 is 18.7 Å². The average Bonchev–Trinajstić information content (AvgIpc) is 2.56. The Bertz CT molecular complexity index is 596. The molecule has 0 atom stereocenters. The number of halogens is 2. The van der Waals surface area contributed by atoms with Crippen molar-refractivity contribution in [3.8, 4) is 0 Å². The Labute approximate surface area is 140 Å². The van der Waals surface area contributed by atoms with Crippen LogP contribution >= 0.6 is 0 Å². The number of rotatable bonds is 9. The Morgan fingerprint density at radius 1 is 0.875 bits per heavy atom. The van der Waals surface area contributed by atoms with Crippen molar-refractivity contribution in [3.63, 3.8) is 0 Å². The predicted molar refractivity (Wildman–Crippen MR) is 86.1 cm³/mol. The van der Waals surface area contributed by atoms with Crippen molar-refractivity contribution in [2.24, 2.45) is 0 Å². The van der Waals surface area contributed by atoms with Gasteiger partial charge in [0.1, 0.15) is 11.6 Å². The number of benzene rings is 2. The van der Waals surface area contributed by atoms with E-state index in [4.69, 9.17) is 0 Å². The number of hydrogen-bond donors (Lipinski definition) is 1. The van der Waals surface area contributed by atoms with Crippen LogP contribution in [0.3, 0.4) is 0 Å². The van der Waals surface area contributed by atoms with Gasteiger partial charge in [-0.25, -0.2) is 8.78 Å². The highest BCUT2D eigenvalue weighted by Crippen LogP contribution is 2.23. The molecular weight excluding hydrogens is 312 g/mol. The summed E-state index contributed by atoms with van der Waals surface area (Å²) in [6.45, 7) is 0.673. The number of carbonyl (C=O) groups excluding carboxylic acids is 1. The summed E-state index contributed by atoms with van der Waals surface area (Å²) in [5, 5.41) is 13.7. The molecule has 0 heterocycles. The quantitative estimate of drug-likeness (QED) is 0.718. The van der Waals surface area contributed by atoms with E-state index in [0.29, 0.717) is 13.0 Å². The van der Waals surface area contributed by atoms with Crippen molar-refractivity contribution >= 4 is 5.97 Å². The molecule has 0 bridgehead atoms. The number of aliphatic carboxylic acids is 1. The van der Waals surface area contributed by atoms with Crippen LogP contribution in [0.15, 0.2) is 48.5 Å². The van der Waals surface area contributed by atoms with Gasteiger partial charge in [0.2, 0.25) is 0 Å². The van der Waals surface area contributed by atoms with Gasteiger partial charge in [-0.15, -0.1) is 0 Å². The van der Waals surface area contributed by atoms with Crippen LogP contribution in [-0.4, -0.2) is 12.5 Å². The maximum Gasteiger partial charge on any atom is 0.123 e. The molecule has 3 nitrogen and oxygen atoms in total. The highest BCUT2D eigenvalue weighted by Gasteiger charge is 2.13. The van der Waals surface area contributed by atoms with Crippen molar-refractivity contribution in [1.29, 1.82) is 0 Å². The van der Waals surface area contributed by atoms with Gasteiger partial charge in [0, 0.05) is 5.97 Å². The first-order chi connectivity index (χ1) is 11.6. The molecule has 0 fully saturated rings. The summed E-state index contributed by atoms with van der Waals surface area (Å²) >= 11 is 0. The zero-order valence-corrected chi connectivity index (χ0v) is 13.3. The van der Waals surface area contributed by atoms with E-state index in [1.165, 1.54) is 24.3 Å². The predicted octanol–water partition coefficient (Wildman–Crippen LogP) is 2.95. The third-order valence-corrected chi connectivity index (χ3v) is 3.81. The van der Waals surface area contributed by atoms with E-state index < -0.39 is 5.97 Å². The Balaban J connectivity index is 1.99. The van der Waals surface area contributed by atoms with Crippen molar-refractivity contribution in [2.45, 2.75) is 31.7 Å². The van der Waals surface area contributed by atoms with Gasteiger partial charge in [-0.3, -0.25) is 0 Å². The fourth-order valence-electron chi connectivity index (χ4n) is 2.56. The zero-order valence-electron chi connectivity index (χ0n) is 13.3. The average molecular weight is 332 g/mol. The number of carboxylic acids is 1. The lowest BCUT2D eigenvalue weighted by Gasteiger charge is -2.20. The molecule has 2 rings (SSSR count). The fourth-order valence-corrected chi connectivity index (χ4v) is 2.56. The lowest BCUT2D eigenvalue weighted by atomic mass is 9.98. The van der Waals surface area contributed by atoms with Gasteiger partial charge in [-0.2, -0.15) is 0 Å². The van der Waals surface area contributed by atoms with Crippen LogP contribution in [0.1, 0.15) is 42.9 Å². The van der Waals surface area contributed by atoms with Gasteiger partial charge in [0.15, 0.2) is 0 Å². The van der Waals surface area contributed by atoms with Gasteiger partial charge in [-0.05, 0) is 61.2 Å². The summed E-state index contributed by atoms with van der Waals surface area (Å²) in [6.07, 6.45) is 2.24. The van der Waals surface area contributed by atoms with E-state index in [1.807, 2.05) is 0 Å². The molecule has 0 aromatic heterocycles. The van der Waals surface area contributed by atoms with Crippen LogP contribution in [0, 0.1) is 11.6 Å². The smallest absolute Gasteiger partial charge is 0.123 e. The molecule has 0 radical (unpaired) electrons. The van der Waals surface area contributed by atoms with Crippen molar-refractivity contribution in [1.82, 2.24) is 5.32 Å². The van der Waals surface area contributed by atoms with Gasteiger partial charge in [-0.1, -0.05) is 30.7 Å². The fraction of sp³-hybridized carbons (Fsp3) is 0.316. The molecule has 24 heavy (non-hydrogen) atoms. The van der Waals surface area contributed by atoms with Crippen LogP contribution in [0.4, 0.5) is 8.78 Å². The first-order valence-corrected chi connectivity index (χ1v) is 8.00. The van der Waals surface area contributed by atoms with E-state index in [2.05, 4.69) is 5.32 Å². The summed E-state index contributed by atoms with van der Waals surface area (Å²) in [6, 6.07) is 12.2. The van der Waals surface area contributed by atoms with E-state index >= 15 is 0 Å². The topological polar surface area (TPSA) is 52.2 Å². The molecule has 2 aromatic carbocycles. The molecule has 0 amide bonds. The van der Waals surface area contributed by atoms with Gasteiger partial charge in [0.25, 0.3) is 0 Å². The minimum absolute atomic E-state index is 0.0688. The lowest BCUT2D eigenvalue weighted by molar-refractivity contribution is -0.305. The Morgan fingerprint density at radius 2 is 1.38 bits per heavy atom. The minimum atomic E-state index is -1.03. The first kappa shape index (κ1) is 18.1. The van der Waals surface area contributed by atoms with Gasteiger partial charge in [0.05, 0.1) is 6.04 Å². The molecule has 0 spiro atoms. The van der Waals surface area contributed by atoms with Crippen LogP contribution in [0.5, 0.6) is 0 Å². The van der Waals surface area contributed by atoms with E-state index in [1.54, 1.807) is 24.3 Å². The summed E-state index contributed by atoms with van der Waals surface area (Å²) in [4.78, 5) is 10.4. The Kier molecular flexibility index (Phi) is 6.88. The van der Waals surface area contributed by atoms with Crippen LogP contribution in [0.2, 0.25) is 0 Å². The van der Waals surface area contributed by atoms with Crippen LogP contribution in [0.25, 0.3) is 0 Å². The van der Waals surface area contributed by atoms with Crippen LogP contribution in [-0.2, 0) is 4.79 Å². The molecule has 0 aliphatic heterocycles. The maximum atomic E-state index is 13.1. The van der Waals surface area contributed by atoms with E-state index in [9.17, 15) is 18.7 Å². The van der Waals surface area contributed by atoms with Crippen LogP contribution < -0.4 is 10.4 Å². The number of carbonyl (C=O) groups is 1. The summed E-state index contributed by atoms with van der Waals surface area (Å²) in [7, 11) is 0. The minimum Gasteiger partial charge on any atom is -0.550 e. The summed E-state index contributed by atoms with van der Waals surface area (Å²) in [5.41, 5.74) is 1.77. The molecule has 2 aromatic rings. The molecule has 0 saturated heterocycles. The molecular formula is C19H20F2NO2-. The largest absolute Gasteiger partial charge is 0.550 e. The molecule has 128 valence electrons. The number of nitrogens with one attached hydrogen (secondary N) is 1. The molecule has 0 aliphatic carbocycles. The number of carboxylic acid groups (broad SMARTS) is 1. The van der Waals surface area contributed by atoms with Gasteiger partial charge < -0.3 is 15.2 Å². The first-order valence-electron chi connectivity index (χ1n) is 8.00. The standard InChI is InChI=1S/C19H21F2NO2/c20-16-9-5-14(6-10-16)19(15-7-11-17(21)12-8-15)22-13-3-1-2-4-18(23)24/h5-12,19,22H,1-4,13H2,(H,23,24)/p-1. The molecule has 0 unspecified atom stereocenters. The third kappa shape index (κ3) is 5.74. The number of hydrogen-bond acceptors (Lipinski definition) is 3. The molecule has 5 heteroatoms. The highest BCUT2D eigenvalue weighted by molar-refractivity contribution is 5.64. The maximum absolute atomic E-state index is 13.1. The SMILES string of the molecule is O=C([O-])CCCCCNC(c1ccc(F)cc1)c1ccc(F)cc1. The zero-order chi connectivity index (χ0) is 17.4. The van der Waals surface area contributed by atoms with Gasteiger partial charge >= 0.3 is 0 Å². The third-order valence-electron chi connectivity index (χ3n) is 3.81. The van der Waals surface area contributed by atoms with Crippen molar-refractivity contribution in [2.75, 3.05) is 6.54 Å². The summed E-state index contributed by atoms with van der Waals surface area (Å²) < 4.78 is 26.3. The molecule has 1 N–H and O–H groups in total. The number of unbranched alkanes of at least 4 members (excludes halogenated alkanes) is 2. The Hall–Kier alpha value is -2.27. The second-order valence-electron chi connectivity index (χ2n) is 5.67. The van der Waals surface area contributed by atoms with Crippen molar-refractivity contribution in [3.05, 3.63) is 71.3 Å². The summed E-state index contributed by atoms with van der Waals surface area (Å²) in [5.74, 6) is -1.64. The highest BCUT2D eigenvalue weighted by atomic mass is 19.1. The monoisotopic (exact) mass is 332 g/mol. The molecule has 0 saturated carbocycles. The second-order valence-corrected chi connectivity index (χ2v) is 5.67. The van der Waals surface area contributed by atoms with E-state index in [-0.39, 0.29) is 24.1 Å². The molecule has 0 aliphatic rings. The van der Waals surface area contributed by atoms with E-state index in [0.717, 1.165) is 24.0 Å². The Morgan fingerprint density at radius 3 is 1.83 bits per heavy atom.